The van der Waals surface area contributed by atoms with Gasteiger partial charge in [0.2, 0.25) is 0 Å². The molecule has 110 valence electrons. The molecule has 0 atom stereocenters. The Morgan fingerprint density at radius 1 is 1.35 bits per heavy atom. The van der Waals surface area contributed by atoms with Crippen molar-refractivity contribution in [3.63, 3.8) is 0 Å². The summed E-state index contributed by atoms with van der Waals surface area (Å²) in [5.74, 6) is -0.824. The number of hydrogen-bond acceptors (Lipinski definition) is 4. The first kappa shape index (κ1) is 14.7. The fraction of sp³-hybridized carbons (Fsp3) is 0.500. The standard InChI is InChI=1S/C14H21FN4O/c1-18-6-8-19(9-7-18)5-4-17-14(20)11-2-3-13(16)12(15)10-11/h2-3,10H,4-9,16H2,1H3,(H,17,20). The Hall–Kier alpha value is -1.66. The second-order valence-electron chi connectivity index (χ2n) is 5.14. The van der Waals surface area contributed by atoms with E-state index in [0.29, 0.717) is 12.1 Å². The summed E-state index contributed by atoms with van der Waals surface area (Å²) in [5, 5.41) is 2.80. The van der Waals surface area contributed by atoms with Crippen molar-refractivity contribution in [1.82, 2.24) is 15.1 Å². The molecule has 1 aliphatic rings. The number of nitrogen functional groups attached to an aromatic ring is 1. The Kier molecular flexibility index (Phi) is 4.92. The first-order valence-electron chi connectivity index (χ1n) is 6.80. The summed E-state index contributed by atoms with van der Waals surface area (Å²) in [6.07, 6.45) is 0. The number of rotatable bonds is 4. The maximum Gasteiger partial charge on any atom is 0.251 e. The first-order valence-corrected chi connectivity index (χ1v) is 6.80. The van der Waals surface area contributed by atoms with Crippen molar-refractivity contribution in [1.29, 1.82) is 0 Å². The normalized spacial score (nSPS) is 17.1. The molecule has 20 heavy (non-hydrogen) atoms. The van der Waals surface area contributed by atoms with Gasteiger partial charge in [-0.15, -0.1) is 0 Å². The Bertz CT molecular complexity index is 472. The number of carbonyl (C=O) groups excluding carboxylic acids is 1. The quantitative estimate of drug-likeness (QED) is 0.783. The molecular formula is C14H21FN4O. The minimum Gasteiger partial charge on any atom is -0.396 e. The number of amides is 1. The molecule has 1 saturated heterocycles. The molecule has 6 heteroatoms. The highest BCUT2D eigenvalue weighted by atomic mass is 19.1. The largest absolute Gasteiger partial charge is 0.396 e. The molecule has 5 nitrogen and oxygen atoms in total. The van der Waals surface area contributed by atoms with Crippen LogP contribution in [0.15, 0.2) is 18.2 Å². The van der Waals surface area contributed by atoms with Gasteiger partial charge in [0, 0.05) is 44.8 Å². The zero-order valence-electron chi connectivity index (χ0n) is 11.7. The molecule has 0 aliphatic carbocycles. The van der Waals surface area contributed by atoms with Gasteiger partial charge >= 0.3 is 0 Å². The van der Waals surface area contributed by atoms with Gasteiger partial charge in [0.25, 0.3) is 5.91 Å². The summed E-state index contributed by atoms with van der Waals surface area (Å²) in [4.78, 5) is 16.4. The molecule has 2 rings (SSSR count). The summed E-state index contributed by atoms with van der Waals surface area (Å²) in [6, 6.07) is 4.11. The molecule has 0 unspecified atom stereocenters. The van der Waals surface area contributed by atoms with Crippen LogP contribution < -0.4 is 11.1 Å². The van der Waals surface area contributed by atoms with Crippen LogP contribution in [0.3, 0.4) is 0 Å². The van der Waals surface area contributed by atoms with Gasteiger partial charge in [0.05, 0.1) is 5.69 Å². The molecule has 1 fully saturated rings. The second kappa shape index (κ2) is 6.67. The smallest absolute Gasteiger partial charge is 0.251 e. The molecule has 0 aromatic heterocycles. The lowest BCUT2D eigenvalue weighted by Gasteiger charge is -2.32. The summed E-state index contributed by atoms with van der Waals surface area (Å²) < 4.78 is 13.3. The van der Waals surface area contributed by atoms with E-state index in [0.717, 1.165) is 32.7 Å². The van der Waals surface area contributed by atoms with Gasteiger partial charge in [-0.05, 0) is 25.2 Å². The monoisotopic (exact) mass is 280 g/mol. The van der Waals surface area contributed by atoms with Crippen LogP contribution >= 0.6 is 0 Å². The van der Waals surface area contributed by atoms with E-state index in [1.807, 2.05) is 0 Å². The van der Waals surface area contributed by atoms with Crippen LogP contribution in [0, 0.1) is 5.82 Å². The molecule has 0 bridgehead atoms. The summed E-state index contributed by atoms with van der Waals surface area (Å²) in [5.41, 5.74) is 5.74. The van der Waals surface area contributed by atoms with E-state index in [4.69, 9.17) is 5.73 Å². The van der Waals surface area contributed by atoms with Crippen LogP contribution in [-0.4, -0.2) is 62.0 Å². The van der Waals surface area contributed by atoms with Crippen molar-refractivity contribution in [2.75, 3.05) is 52.0 Å². The molecule has 0 spiro atoms. The Labute approximate surface area is 118 Å². The van der Waals surface area contributed by atoms with Gasteiger partial charge in [-0.3, -0.25) is 9.69 Å². The number of benzene rings is 1. The lowest BCUT2D eigenvalue weighted by Crippen LogP contribution is -2.46. The van der Waals surface area contributed by atoms with Crippen LogP contribution in [0.2, 0.25) is 0 Å². The van der Waals surface area contributed by atoms with Gasteiger partial charge in [-0.1, -0.05) is 0 Å². The third-order valence-corrected chi connectivity index (χ3v) is 3.57. The number of nitrogens with zero attached hydrogens (tertiary/aromatic N) is 2. The molecule has 1 aliphatic heterocycles. The second-order valence-corrected chi connectivity index (χ2v) is 5.14. The SMILES string of the molecule is CN1CCN(CCNC(=O)c2ccc(N)c(F)c2)CC1. The van der Waals surface area contributed by atoms with E-state index in [-0.39, 0.29) is 11.6 Å². The van der Waals surface area contributed by atoms with Crippen LogP contribution in [0.5, 0.6) is 0 Å². The number of anilines is 1. The Morgan fingerprint density at radius 3 is 2.70 bits per heavy atom. The van der Waals surface area contributed by atoms with E-state index >= 15 is 0 Å². The van der Waals surface area contributed by atoms with E-state index in [1.165, 1.54) is 18.2 Å². The third kappa shape index (κ3) is 3.91. The van der Waals surface area contributed by atoms with Crippen LogP contribution in [0.25, 0.3) is 0 Å². The fourth-order valence-corrected chi connectivity index (χ4v) is 2.17. The van der Waals surface area contributed by atoms with Gasteiger partial charge in [-0.25, -0.2) is 4.39 Å². The summed E-state index contributed by atoms with van der Waals surface area (Å²) >= 11 is 0. The van der Waals surface area contributed by atoms with Gasteiger partial charge in [0.1, 0.15) is 5.82 Å². The van der Waals surface area contributed by atoms with E-state index in [2.05, 4.69) is 22.2 Å². The van der Waals surface area contributed by atoms with Crippen LogP contribution in [0.4, 0.5) is 10.1 Å². The number of nitrogens with two attached hydrogens (primary N) is 1. The minimum atomic E-state index is -0.559. The average Bonchev–Trinajstić information content (AvgIpc) is 2.44. The van der Waals surface area contributed by atoms with E-state index < -0.39 is 5.82 Å². The van der Waals surface area contributed by atoms with Crippen LogP contribution in [-0.2, 0) is 0 Å². The lowest BCUT2D eigenvalue weighted by atomic mass is 10.2. The number of nitrogens with one attached hydrogen (secondary N) is 1. The average molecular weight is 280 g/mol. The number of halogens is 1. The zero-order valence-corrected chi connectivity index (χ0v) is 11.7. The maximum atomic E-state index is 13.3. The van der Waals surface area contributed by atoms with E-state index in [1.54, 1.807) is 0 Å². The fourth-order valence-electron chi connectivity index (χ4n) is 2.17. The topological polar surface area (TPSA) is 61.6 Å². The maximum absolute atomic E-state index is 13.3. The van der Waals surface area contributed by atoms with E-state index in [9.17, 15) is 9.18 Å². The predicted molar refractivity (Wildman–Crippen MR) is 77.1 cm³/mol. The molecule has 1 amide bonds. The Balaban J connectivity index is 1.76. The lowest BCUT2D eigenvalue weighted by molar-refractivity contribution is 0.0940. The number of piperazine rings is 1. The van der Waals surface area contributed by atoms with Gasteiger partial charge in [-0.2, -0.15) is 0 Å². The van der Waals surface area contributed by atoms with Crippen molar-refractivity contribution in [2.45, 2.75) is 0 Å². The van der Waals surface area contributed by atoms with Crippen molar-refractivity contribution in [3.05, 3.63) is 29.6 Å². The zero-order chi connectivity index (χ0) is 14.5. The summed E-state index contributed by atoms with van der Waals surface area (Å²) in [6.45, 7) is 5.52. The van der Waals surface area contributed by atoms with Crippen LogP contribution in [0.1, 0.15) is 10.4 Å². The molecule has 1 heterocycles. The molecule has 1 aromatic carbocycles. The van der Waals surface area contributed by atoms with Crippen molar-refractivity contribution in [2.24, 2.45) is 0 Å². The molecule has 1 aromatic rings. The molecular weight excluding hydrogens is 259 g/mol. The Morgan fingerprint density at radius 2 is 2.05 bits per heavy atom. The first-order chi connectivity index (χ1) is 9.56. The molecule has 3 N–H and O–H groups in total. The third-order valence-electron chi connectivity index (χ3n) is 3.57. The highest BCUT2D eigenvalue weighted by molar-refractivity contribution is 5.94. The van der Waals surface area contributed by atoms with Crippen molar-refractivity contribution >= 4 is 11.6 Å². The predicted octanol–water partition coefficient (Wildman–Crippen LogP) is 0.385. The molecule has 0 saturated carbocycles. The molecule has 0 radical (unpaired) electrons. The number of hydrogen-bond donors (Lipinski definition) is 2. The van der Waals surface area contributed by atoms with Gasteiger partial charge in [0.15, 0.2) is 0 Å². The number of likely N-dealkylation sites (N-methyl/N-ethyl adjacent to an activating group) is 1. The summed E-state index contributed by atoms with van der Waals surface area (Å²) in [7, 11) is 2.11. The highest BCUT2D eigenvalue weighted by Crippen LogP contribution is 2.11. The van der Waals surface area contributed by atoms with Gasteiger partial charge < -0.3 is 16.0 Å². The minimum absolute atomic E-state index is 0.0546. The highest BCUT2D eigenvalue weighted by Gasteiger charge is 2.14. The van der Waals surface area contributed by atoms with Crippen molar-refractivity contribution in [3.8, 4) is 0 Å². The van der Waals surface area contributed by atoms with Crippen molar-refractivity contribution < 1.29 is 9.18 Å². The number of carbonyl (C=O) groups is 1.